The van der Waals surface area contributed by atoms with E-state index in [1.54, 1.807) is 30.3 Å². The highest BCUT2D eigenvalue weighted by molar-refractivity contribution is 7.92. The molecule has 9 heteroatoms. The van der Waals surface area contributed by atoms with Crippen molar-refractivity contribution < 1.29 is 21.6 Å². The highest BCUT2D eigenvalue weighted by Gasteiger charge is 2.20. The summed E-state index contributed by atoms with van der Waals surface area (Å²) in [6, 6.07) is 19.6. The number of nitrogens with one attached hydrogen (secondary N) is 2. The molecule has 0 aliphatic carbocycles. The minimum Gasteiger partial charge on any atom is -0.280 e. The van der Waals surface area contributed by atoms with Crippen molar-refractivity contribution in [2.24, 2.45) is 0 Å². The topological polar surface area (TPSA) is 109 Å². The molecule has 0 atom stereocenters. The number of rotatable bonds is 6. The predicted octanol–water partition coefficient (Wildman–Crippen LogP) is 3.90. The second-order valence-electron chi connectivity index (χ2n) is 8.20. The third-order valence-electron chi connectivity index (χ3n) is 4.71. The van der Waals surface area contributed by atoms with Gasteiger partial charge >= 0.3 is 0 Å². The maximum atomic E-state index is 12.7. The molecule has 0 unspecified atom stereocenters. The van der Waals surface area contributed by atoms with Crippen molar-refractivity contribution in [3.05, 3.63) is 90.0 Å². The van der Waals surface area contributed by atoms with Gasteiger partial charge in [0.05, 0.1) is 9.79 Å². The van der Waals surface area contributed by atoms with Crippen LogP contribution in [0.25, 0.3) is 0 Å². The van der Waals surface area contributed by atoms with E-state index in [4.69, 9.17) is 0 Å². The van der Waals surface area contributed by atoms with Gasteiger partial charge in [-0.05, 0) is 59.5 Å². The largest absolute Gasteiger partial charge is 0.280 e. The first kappa shape index (κ1) is 23.5. The second-order valence-corrected chi connectivity index (χ2v) is 11.6. The summed E-state index contributed by atoms with van der Waals surface area (Å²) in [6.07, 6.45) is 0. The Labute approximate surface area is 188 Å². The lowest BCUT2D eigenvalue weighted by molar-refractivity contribution is 0.0981. The highest BCUT2D eigenvalue weighted by Crippen LogP contribution is 2.24. The Hall–Kier alpha value is -3.17. The second kappa shape index (κ2) is 8.76. The summed E-state index contributed by atoms with van der Waals surface area (Å²) < 4.78 is 54.7. The van der Waals surface area contributed by atoms with Crippen molar-refractivity contribution in [1.82, 2.24) is 4.72 Å². The molecule has 7 nitrogen and oxygen atoms in total. The van der Waals surface area contributed by atoms with Gasteiger partial charge in [0.2, 0.25) is 0 Å². The number of hydrogen-bond acceptors (Lipinski definition) is 5. The lowest BCUT2D eigenvalue weighted by atomic mass is 9.87. The molecule has 0 saturated carbocycles. The van der Waals surface area contributed by atoms with E-state index < -0.39 is 26.0 Å². The number of sulfonamides is 2. The fourth-order valence-electron chi connectivity index (χ4n) is 2.88. The van der Waals surface area contributed by atoms with E-state index in [9.17, 15) is 21.6 Å². The van der Waals surface area contributed by atoms with E-state index in [1.807, 2.05) is 25.5 Å². The van der Waals surface area contributed by atoms with Gasteiger partial charge in [0.15, 0.2) is 0 Å². The fraction of sp³-hybridized carbons (Fsp3) is 0.174. The predicted molar refractivity (Wildman–Crippen MR) is 123 cm³/mol. The van der Waals surface area contributed by atoms with Crippen LogP contribution in [-0.2, 0) is 25.5 Å². The zero-order valence-corrected chi connectivity index (χ0v) is 19.5. The first-order valence-electron chi connectivity index (χ1n) is 9.74. The summed E-state index contributed by atoms with van der Waals surface area (Å²) in [5, 5.41) is 0. The number of carbonyl (C=O) groups is 1. The first-order valence-corrected chi connectivity index (χ1v) is 12.7. The number of amides is 1. The molecule has 0 aliphatic rings. The van der Waals surface area contributed by atoms with Gasteiger partial charge in [0, 0.05) is 11.3 Å². The molecule has 0 heterocycles. The zero-order chi connectivity index (χ0) is 23.6. The Bertz CT molecular complexity index is 1310. The lowest BCUT2D eigenvalue weighted by Crippen LogP contribution is -2.30. The van der Waals surface area contributed by atoms with Crippen LogP contribution in [0.4, 0.5) is 5.69 Å². The smallest absolute Gasteiger partial charge is 0.264 e. The summed E-state index contributed by atoms with van der Waals surface area (Å²) in [5.74, 6) is -0.755. The van der Waals surface area contributed by atoms with Crippen molar-refractivity contribution in [3.8, 4) is 0 Å². The Kier molecular flexibility index (Phi) is 6.43. The van der Waals surface area contributed by atoms with Gasteiger partial charge in [0.25, 0.3) is 26.0 Å². The summed E-state index contributed by atoms with van der Waals surface area (Å²) in [7, 11) is -7.96. The van der Waals surface area contributed by atoms with Crippen molar-refractivity contribution in [1.29, 1.82) is 0 Å². The molecule has 0 spiro atoms. The number of hydrogen-bond donors (Lipinski definition) is 2. The van der Waals surface area contributed by atoms with Gasteiger partial charge in [-0.25, -0.2) is 21.6 Å². The van der Waals surface area contributed by atoms with E-state index in [0.29, 0.717) is 0 Å². The molecular weight excluding hydrogens is 448 g/mol. The van der Waals surface area contributed by atoms with Gasteiger partial charge in [-0.3, -0.25) is 9.52 Å². The van der Waals surface area contributed by atoms with Crippen LogP contribution in [-0.4, -0.2) is 22.7 Å². The maximum absolute atomic E-state index is 12.7. The molecular formula is C23H24N2O5S2. The van der Waals surface area contributed by atoms with Crippen molar-refractivity contribution in [3.63, 3.8) is 0 Å². The summed E-state index contributed by atoms with van der Waals surface area (Å²) in [4.78, 5) is 12.1. The van der Waals surface area contributed by atoms with Crippen LogP contribution in [0.15, 0.2) is 88.7 Å². The molecule has 1 amide bonds. The Balaban J connectivity index is 1.74. The van der Waals surface area contributed by atoms with E-state index >= 15 is 0 Å². The van der Waals surface area contributed by atoms with E-state index in [0.717, 1.165) is 5.56 Å². The van der Waals surface area contributed by atoms with Crippen LogP contribution in [0.2, 0.25) is 0 Å². The standard InChI is InChI=1S/C23H24N2O5S2/c1-23(2,3)18-9-13-20(14-10-18)31(27,28)24-19-11-15-21(16-12-19)32(29,30)25-22(26)17-7-5-4-6-8-17/h4-16,24H,1-3H3,(H,25,26). The molecule has 3 rings (SSSR count). The lowest BCUT2D eigenvalue weighted by Gasteiger charge is -2.19. The van der Waals surface area contributed by atoms with Crippen LogP contribution in [0, 0.1) is 0 Å². The summed E-state index contributed by atoms with van der Waals surface area (Å²) in [5.41, 5.74) is 1.30. The normalized spacial score (nSPS) is 12.2. The molecule has 2 N–H and O–H groups in total. The molecule has 32 heavy (non-hydrogen) atoms. The molecule has 0 bridgehead atoms. The van der Waals surface area contributed by atoms with Crippen molar-refractivity contribution in [2.75, 3.05) is 4.72 Å². The number of benzene rings is 3. The van der Waals surface area contributed by atoms with Crippen molar-refractivity contribution >= 4 is 31.6 Å². The van der Waals surface area contributed by atoms with Crippen LogP contribution >= 0.6 is 0 Å². The molecule has 0 radical (unpaired) electrons. The average molecular weight is 473 g/mol. The van der Waals surface area contributed by atoms with Crippen LogP contribution < -0.4 is 9.44 Å². The minimum atomic E-state index is -4.12. The van der Waals surface area contributed by atoms with Gasteiger partial charge in [-0.2, -0.15) is 0 Å². The first-order chi connectivity index (χ1) is 14.9. The van der Waals surface area contributed by atoms with Crippen LogP contribution in [0.5, 0.6) is 0 Å². The Morgan fingerprint density at radius 3 is 1.72 bits per heavy atom. The fourth-order valence-corrected chi connectivity index (χ4v) is 4.91. The van der Waals surface area contributed by atoms with Gasteiger partial charge < -0.3 is 0 Å². The van der Waals surface area contributed by atoms with E-state index in [1.165, 1.54) is 48.5 Å². The molecule has 168 valence electrons. The molecule has 0 aliphatic heterocycles. The minimum absolute atomic E-state index is 0.0947. The molecule has 0 aromatic heterocycles. The molecule has 0 fully saturated rings. The molecule has 0 saturated heterocycles. The number of anilines is 1. The Morgan fingerprint density at radius 1 is 0.688 bits per heavy atom. The van der Waals surface area contributed by atoms with E-state index in [-0.39, 0.29) is 26.5 Å². The third-order valence-corrected chi connectivity index (χ3v) is 7.45. The zero-order valence-electron chi connectivity index (χ0n) is 17.9. The summed E-state index contributed by atoms with van der Waals surface area (Å²) >= 11 is 0. The highest BCUT2D eigenvalue weighted by atomic mass is 32.2. The van der Waals surface area contributed by atoms with E-state index in [2.05, 4.69) is 4.72 Å². The maximum Gasteiger partial charge on any atom is 0.264 e. The summed E-state index contributed by atoms with van der Waals surface area (Å²) in [6.45, 7) is 6.10. The third kappa shape index (κ3) is 5.54. The van der Waals surface area contributed by atoms with Gasteiger partial charge in [-0.1, -0.05) is 51.1 Å². The molecule has 3 aromatic carbocycles. The quantitative estimate of drug-likeness (QED) is 0.565. The van der Waals surface area contributed by atoms with Gasteiger partial charge in [0.1, 0.15) is 0 Å². The van der Waals surface area contributed by atoms with Crippen molar-refractivity contribution in [2.45, 2.75) is 36.0 Å². The molecule has 3 aromatic rings. The van der Waals surface area contributed by atoms with Crippen LogP contribution in [0.3, 0.4) is 0 Å². The monoisotopic (exact) mass is 472 g/mol. The SMILES string of the molecule is CC(C)(C)c1ccc(S(=O)(=O)Nc2ccc(S(=O)(=O)NC(=O)c3ccccc3)cc2)cc1. The van der Waals surface area contributed by atoms with Crippen LogP contribution in [0.1, 0.15) is 36.7 Å². The number of carbonyl (C=O) groups excluding carboxylic acids is 1. The Morgan fingerprint density at radius 2 is 1.19 bits per heavy atom. The average Bonchev–Trinajstić information content (AvgIpc) is 2.73. The van der Waals surface area contributed by atoms with Gasteiger partial charge in [-0.15, -0.1) is 0 Å².